The maximum absolute atomic E-state index is 8.14. The Kier molecular flexibility index (Phi) is 1.38. The predicted molar refractivity (Wildman–Crippen MR) is 79.2 cm³/mol. The second-order valence-corrected chi connectivity index (χ2v) is 4.31. The SMILES string of the molecule is [2H]c1c([2H])c([2H])c(-c2coc3c2ccc2ccccc23)c([2H])c1[2H]. The van der Waals surface area contributed by atoms with Gasteiger partial charge in [0.2, 0.25) is 0 Å². The summed E-state index contributed by atoms with van der Waals surface area (Å²) in [4.78, 5) is 0. The molecule has 0 radical (unpaired) electrons. The molecule has 0 saturated carbocycles. The molecule has 0 saturated heterocycles. The van der Waals surface area contributed by atoms with Gasteiger partial charge in [0, 0.05) is 16.3 Å². The Balaban J connectivity index is 2.11. The fourth-order valence-corrected chi connectivity index (χ4v) is 2.34. The van der Waals surface area contributed by atoms with Gasteiger partial charge in [-0.05, 0) is 17.0 Å². The molecule has 0 unspecified atom stereocenters. The van der Waals surface area contributed by atoms with Crippen LogP contribution in [0.25, 0.3) is 32.9 Å². The normalized spacial score (nSPS) is 14.8. The standard InChI is InChI=1S/C18H12O/c1-2-6-13(7-3-1)17-12-19-18-15-9-5-4-8-14(15)10-11-16(17)18/h1-12H/i1D,2D,3D,6D,7D. The van der Waals surface area contributed by atoms with Crippen LogP contribution >= 0.6 is 0 Å². The molecule has 0 bridgehead atoms. The summed E-state index contributed by atoms with van der Waals surface area (Å²) in [5.74, 6) is 0. The van der Waals surface area contributed by atoms with Gasteiger partial charge in [-0.3, -0.25) is 0 Å². The molecular weight excluding hydrogens is 232 g/mol. The lowest BCUT2D eigenvalue weighted by Crippen LogP contribution is -1.76. The van der Waals surface area contributed by atoms with E-state index in [9.17, 15) is 0 Å². The van der Waals surface area contributed by atoms with E-state index in [1.807, 2.05) is 36.4 Å². The molecule has 0 N–H and O–H groups in total. The van der Waals surface area contributed by atoms with Crippen LogP contribution in [0.1, 0.15) is 6.85 Å². The zero-order chi connectivity index (χ0) is 17.0. The van der Waals surface area contributed by atoms with Gasteiger partial charge in [-0.2, -0.15) is 0 Å². The highest BCUT2D eigenvalue weighted by Crippen LogP contribution is 2.34. The van der Waals surface area contributed by atoms with Crippen LogP contribution in [0.2, 0.25) is 0 Å². The molecule has 0 amide bonds. The lowest BCUT2D eigenvalue weighted by atomic mass is 10.0. The Labute approximate surface area is 118 Å². The molecule has 0 atom stereocenters. The Morgan fingerprint density at radius 1 is 0.842 bits per heavy atom. The van der Waals surface area contributed by atoms with Gasteiger partial charge in [-0.15, -0.1) is 0 Å². The minimum absolute atomic E-state index is 0.162. The zero-order valence-corrected chi connectivity index (χ0v) is 9.95. The van der Waals surface area contributed by atoms with Crippen molar-refractivity contribution in [2.24, 2.45) is 0 Å². The number of hydrogen-bond acceptors (Lipinski definition) is 1. The quantitative estimate of drug-likeness (QED) is 0.449. The fourth-order valence-electron chi connectivity index (χ4n) is 2.34. The molecule has 0 spiro atoms. The Hall–Kier alpha value is -2.54. The average Bonchev–Trinajstić information content (AvgIpc) is 3.03. The molecule has 4 rings (SSSR count). The molecule has 1 nitrogen and oxygen atoms in total. The predicted octanol–water partition coefficient (Wildman–Crippen LogP) is 5.25. The third-order valence-corrected chi connectivity index (χ3v) is 3.23. The Morgan fingerprint density at radius 2 is 1.68 bits per heavy atom. The summed E-state index contributed by atoms with van der Waals surface area (Å²) in [5.41, 5.74) is 1.32. The van der Waals surface area contributed by atoms with Crippen LogP contribution in [0.4, 0.5) is 0 Å². The molecule has 0 fully saturated rings. The average molecular weight is 249 g/mol. The van der Waals surface area contributed by atoms with Crippen molar-refractivity contribution >= 4 is 21.7 Å². The summed E-state index contributed by atoms with van der Waals surface area (Å²) < 4.78 is 45.4. The van der Waals surface area contributed by atoms with Gasteiger partial charge in [0.15, 0.2) is 0 Å². The van der Waals surface area contributed by atoms with E-state index in [1.165, 1.54) is 6.26 Å². The van der Waals surface area contributed by atoms with Crippen LogP contribution in [0.5, 0.6) is 0 Å². The topological polar surface area (TPSA) is 13.1 Å². The van der Waals surface area contributed by atoms with Gasteiger partial charge in [-0.1, -0.05) is 60.5 Å². The number of fused-ring (bicyclic) bond motifs is 3. The van der Waals surface area contributed by atoms with E-state index in [0.717, 1.165) is 16.2 Å². The summed E-state index contributed by atoms with van der Waals surface area (Å²) in [6, 6.07) is 10.0. The van der Waals surface area contributed by atoms with Gasteiger partial charge in [0.1, 0.15) is 5.58 Å². The number of furan rings is 1. The maximum atomic E-state index is 8.14. The van der Waals surface area contributed by atoms with Crippen molar-refractivity contribution in [1.29, 1.82) is 0 Å². The highest BCUT2D eigenvalue weighted by atomic mass is 16.3. The third-order valence-electron chi connectivity index (χ3n) is 3.23. The first-order valence-corrected chi connectivity index (χ1v) is 5.97. The van der Waals surface area contributed by atoms with Crippen LogP contribution in [-0.4, -0.2) is 0 Å². The van der Waals surface area contributed by atoms with Crippen LogP contribution in [0.3, 0.4) is 0 Å². The first-order valence-electron chi connectivity index (χ1n) is 8.47. The maximum Gasteiger partial charge on any atom is 0.142 e. The molecule has 4 aromatic rings. The van der Waals surface area contributed by atoms with Gasteiger partial charge >= 0.3 is 0 Å². The Bertz CT molecular complexity index is 1080. The zero-order valence-electron chi connectivity index (χ0n) is 14.9. The molecule has 1 aromatic heterocycles. The minimum Gasteiger partial charge on any atom is -0.463 e. The minimum atomic E-state index is -0.396. The summed E-state index contributed by atoms with van der Waals surface area (Å²) in [5, 5.41) is 2.67. The number of rotatable bonds is 1. The molecule has 0 aliphatic carbocycles. The molecule has 3 aromatic carbocycles. The summed E-state index contributed by atoms with van der Waals surface area (Å²) in [6.07, 6.45) is 1.46. The number of hydrogen-bond donors (Lipinski definition) is 0. The molecule has 1 heterocycles. The molecule has 1 heteroatoms. The largest absolute Gasteiger partial charge is 0.463 e. The molecular formula is C18H12O. The summed E-state index contributed by atoms with van der Waals surface area (Å²) >= 11 is 0. The van der Waals surface area contributed by atoms with Crippen molar-refractivity contribution in [3.8, 4) is 11.1 Å². The van der Waals surface area contributed by atoms with Gasteiger partial charge in [-0.25, -0.2) is 0 Å². The lowest BCUT2D eigenvalue weighted by Gasteiger charge is -2.00. The van der Waals surface area contributed by atoms with Gasteiger partial charge in [0.05, 0.1) is 13.1 Å². The monoisotopic (exact) mass is 249 g/mol. The van der Waals surface area contributed by atoms with E-state index in [-0.39, 0.29) is 29.7 Å². The lowest BCUT2D eigenvalue weighted by molar-refractivity contribution is 0.620. The van der Waals surface area contributed by atoms with Crippen LogP contribution in [-0.2, 0) is 0 Å². The van der Waals surface area contributed by atoms with Crippen molar-refractivity contribution in [2.75, 3.05) is 0 Å². The van der Waals surface area contributed by atoms with E-state index in [2.05, 4.69) is 0 Å². The Morgan fingerprint density at radius 3 is 2.58 bits per heavy atom. The van der Waals surface area contributed by atoms with E-state index < -0.39 is 6.04 Å². The van der Waals surface area contributed by atoms with Crippen molar-refractivity contribution in [1.82, 2.24) is 0 Å². The van der Waals surface area contributed by atoms with E-state index in [4.69, 9.17) is 11.3 Å². The van der Waals surface area contributed by atoms with E-state index in [1.54, 1.807) is 0 Å². The van der Waals surface area contributed by atoms with Crippen LogP contribution in [0.15, 0.2) is 77.3 Å². The first-order chi connectivity index (χ1) is 11.5. The smallest absolute Gasteiger partial charge is 0.142 e. The van der Waals surface area contributed by atoms with Gasteiger partial charge < -0.3 is 4.42 Å². The second kappa shape index (κ2) is 3.99. The van der Waals surface area contributed by atoms with Crippen LogP contribution in [0, 0.1) is 0 Å². The van der Waals surface area contributed by atoms with E-state index in [0.29, 0.717) is 11.1 Å². The van der Waals surface area contributed by atoms with Crippen molar-refractivity contribution < 1.29 is 11.3 Å². The summed E-state index contributed by atoms with van der Waals surface area (Å²) in [6.45, 7) is 0. The van der Waals surface area contributed by atoms with Crippen molar-refractivity contribution in [2.45, 2.75) is 0 Å². The highest BCUT2D eigenvalue weighted by Gasteiger charge is 2.10. The van der Waals surface area contributed by atoms with Gasteiger partial charge in [0.25, 0.3) is 0 Å². The second-order valence-electron chi connectivity index (χ2n) is 4.31. The fraction of sp³-hybridized carbons (Fsp3) is 0. The molecule has 19 heavy (non-hydrogen) atoms. The number of benzene rings is 3. The molecule has 0 aliphatic heterocycles. The summed E-state index contributed by atoms with van der Waals surface area (Å²) in [7, 11) is 0. The van der Waals surface area contributed by atoms with Crippen molar-refractivity contribution in [3.63, 3.8) is 0 Å². The van der Waals surface area contributed by atoms with Crippen LogP contribution < -0.4 is 0 Å². The first kappa shape index (κ1) is 6.58. The molecule has 0 aliphatic rings. The third kappa shape index (κ3) is 1.55. The van der Waals surface area contributed by atoms with E-state index >= 15 is 0 Å². The van der Waals surface area contributed by atoms with Crippen molar-refractivity contribution in [3.05, 3.63) is 72.9 Å². The highest BCUT2D eigenvalue weighted by molar-refractivity contribution is 6.09. The molecule has 90 valence electrons.